The smallest absolute Gasteiger partial charge is 0.369 e. The average Bonchev–Trinajstić information content (AvgIpc) is 2.96. The number of aliphatic hydroxyl groups excluding tert-OH is 1. The first-order valence-corrected chi connectivity index (χ1v) is 8.89. The summed E-state index contributed by atoms with van der Waals surface area (Å²) in [4.78, 5) is 3.50. The fourth-order valence-electron chi connectivity index (χ4n) is 1.75. The number of thiazole rings is 1. The van der Waals surface area contributed by atoms with Gasteiger partial charge in [-0.25, -0.2) is 13.4 Å². The first-order chi connectivity index (χ1) is 11.0. The van der Waals surface area contributed by atoms with Crippen LogP contribution in [0.5, 0.6) is 0 Å². The van der Waals surface area contributed by atoms with E-state index in [0.29, 0.717) is 9.88 Å². The molecule has 2 aromatic rings. The summed E-state index contributed by atoms with van der Waals surface area (Å²) in [5.74, 6) is 0. The van der Waals surface area contributed by atoms with Crippen LogP contribution in [0.15, 0.2) is 35.4 Å². The van der Waals surface area contributed by atoms with Gasteiger partial charge < -0.3 is 16.2 Å². The van der Waals surface area contributed by atoms with Crippen LogP contribution in [0.1, 0.15) is 29.1 Å². The van der Waals surface area contributed by atoms with Crippen molar-refractivity contribution >= 4 is 26.9 Å². The Labute approximate surface area is 140 Å². The number of nitrogens with one attached hydrogen (secondary N) is 1. The predicted molar refractivity (Wildman–Crippen MR) is 83.0 cm³/mol. The molecule has 0 bridgehead atoms. The van der Waals surface area contributed by atoms with Crippen molar-refractivity contribution in [3.05, 3.63) is 40.3 Å². The molecule has 4 N–H and O–H groups in total. The Morgan fingerprint density at radius 2 is 2.04 bits per heavy atom. The molecule has 24 heavy (non-hydrogen) atoms. The van der Waals surface area contributed by atoms with Gasteiger partial charge in [0, 0.05) is 11.9 Å². The third-order valence-electron chi connectivity index (χ3n) is 2.95. The van der Waals surface area contributed by atoms with Crippen LogP contribution in [0.4, 0.5) is 18.9 Å². The molecule has 0 aliphatic carbocycles. The van der Waals surface area contributed by atoms with Crippen LogP contribution in [0.3, 0.4) is 0 Å². The Morgan fingerprint density at radius 3 is 2.58 bits per heavy atom. The van der Waals surface area contributed by atoms with Gasteiger partial charge in [-0.05, 0) is 25.1 Å². The molecule has 0 aliphatic rings. The molecule has 2 unspecified atom stereocenters. The van der Waals surface area contributed by atoms with Crippen molar-refractivity contribution in [1.82, 2.24) is 4.98 Å². The van der Waals surface area contributed by atoms with Crippen LogP contribution in [0.25, 0.3) is 0 Å². The molecule has 0 aliphatic heterocycles. The van der Waals surface area contributed by atoms with Gasteiger partial charge in [0.25, 0.3) is 9.84 Å². The summed E-state index contributed by atoms with van der Waals surface area (Å²) in [6, 6.07) is 3.80. The fourth-order valence-corrected chi connectivity index (χ4v) is 3.37. The van der Waals surface area contributed by atoms with Crippen molar-refractivity contribution in [2.24, 2.45) is 5.73 Å². The highest BCUT2D eigenvalue weighted by Gasteiger charge is 2.46. The van der Waals surface area contributed by atoms with Crippen molar-refractivity contribution in [2.45, 2.75) is 29.6 Å². The van der Waals surface area contributed by atoms with E-state index in [0.717, 1.165) is 29.5 Å². The Kier molecular flexibility index (Phi) is 5.18. The average molecular weight is 381 g/mol. The van der Waals surface area contributed by atoms with E-state index < -0.39 is 26.5 Å². The summed E-state index contributed by atoms with van der Waals surface area (Å²) in [6.07, 6.45) is 0.121. The van der Waals surface area contributed by atoms with Crippen molar-refractivity contribution in [1.29, 1.82) is 0 Å². The third kappa shape index (κ3) is 3.86. The summed E-state index contributed by atoms with van der Waals surface area (Å²) in [6.45, 7) is 1.72. The van der Waals surface area contributed by atoms with E-state index in [-0.39, 0.29) is 11.7 Å². The predicted octanol–water partition coefficient (Wildman–Crippen LogP) is 2.56. The molecule has 1 aromatic heterocycles. The monoisotopic (exact) mass is 381 g/mol. The van der Waals surface area contributed by atoms with Gasteiger partial charge in [0.2, 0.25) is 0 Å². The maximum atomic E-state index is 12.6. The summed E-state index contributed by atoms with van der Waals surface area (Å²) in [5, 5.41) is 13.2. The zero-order valence-electron chi connectivity index (χ0n) is 12.3. The van der Waals surface area contributed by atoms with Gasteiger partial charge in [-0.1, -0.05) is 6.07 Å². The molecule has 0 radical (unpaired) electrons. The van der Waals surface area contributed by atoms with E-state index in [1.165, 1.54) is 12.3 Å². The van der Waals surface area contributed by atoms with Gasteiger partial charge in [-0.15, -0.1) is 11.3 Å². The second-order valence-corrected chi connectivity index (χ2v) is 7.95. The molecule has 0 spiro atoms. The Bertz CT molecular complexity index is 819. The molecule has 0 amide bonds. The van der Waals surface area contributed by atoms with Crippen LogP contribution in [0.2, 0.25) is 0 Å². The number of aliphatic hydroxyl groups is 1. The van der Waals surface area contributed by atoms with Crippen LogP contribution in [-0.4, -0.2) is 24.0 Å². The highest BCUT2D eigenvalue weighted by Crippen LogP contribution is 2.32. The molecular formula is C13H14F3N3O3S2. The van der Waals surface area contributed by atoms with Crippen molar-refractivity contribution in [2.75, 3.05) is 5.32 Å². The molecule has 11 heteroatoms. The number of sulfone groups is 1. The number of nitrogens with two attached hydrogens (primary N) is 1. The second-order valence-electron chi connectivity index (χ2n) is 4.91. The number of hydrogen-bond donors (Lipinski definition) is 3. The first-order valence-electron chi connectivity index (χ1n) is 6.59. The number of nitrogens with zero attached hydrogens (tertiary/aromatic N) is 1. The van der Waals surface area contributed by atoms with Gasteiger partial charge >= 0.3 is 5.51 Å². The molecule has 6 nitrogen and oxygen atoms in total. The normalized spacial score (nSPS) is 15.1. The molecule has 2 atom stereocenters. The van der Waals surface area contributed by atoms with Crippen LogP contribution >= 0.6 is 11.3 Å². The van der Waals surface area contributed by atoms with E-state index in [2.05, 4.69) is 10.3 Å². The van der Waals surface area contributed by atoms with Crippen molar-refractivity contribution in [3.8, 4) is 0 Å². The minimum absolute atomic E-state index is 0.0172. The van der Waals surface area contributed by atoms with Gasteiger partial charge in [-0.2, -0.15) is 13.2 Å². The van der Waals surface area contributed by atoms with Crippen molar-refractivity contribution in [3.63, 3.8) is 0 Å². The van der Waals surface area contributed by atoms with E-state index in [1.807, 2.05) is 0 Å². The lowest BCUT2D eigenvalue weighted by Gasteiger charge is -2.14. The van der Waals surface area contributed by atoms with Crippen LogP contribution in [0, 0.1) is 0 Å². The van der Waals surface area contributed by atoms with E-state index in [9.17, 15) is 26.7 Å². The van der Waals surface area contributed by atoms with Gasteiger partial charge in [0.15, 0.2) is 6.23 Å². The van der Waals surface area contributed by atoms with Crippen molar-refractivity contribution < 1.29 is 26.7 Å². The quantitative estimate of drug-likeness (QED) is 0.688. The second kappa shape index (κ2) is 6.67. The Balaban J connectivity index is 2.23. The molecule has 1 heterocycles. The standard InChI is InChI=1S/C13H14F3N3O3S2/c1-7(17)12-18-6-10(23-12)11(20)19-8-3-2-4-9(5-8)24(21,22)13(14,15)16/h2-7,11,19-20H,17H2,1H3. The van der Waals surface area contributed by atoms with E-state index in [4.69, 9.17) is 5.73 Å². The highest BCUT2D eigenvalue weighted by atomic mass is 32.2. The van der Waals surface area contributed by atoms with E-state index in [1.54, 1.807) is 6.92 Å². The largest absolute Gasteiger partial charge is 0.501 e. The zero-order valence-corrected chi connectivity index (χ0v) is 13.9. The first kappa shape index (κ1) is 18.6. The summed E-state index contributed by atoms with van der Waals surface area (Å²) in [5.41, 5.74) is 0.283. The number of halogens is 3. The van der Waals surface area contributed by atoms with Crippen LogP contribution < -0.4 is 11.1 Å². The summed E-state index contributed by atoms with van der Waals surface area (Å²) in [7, 11) is -5.45. The number of benzene rings is 1. The van der Waals surface area contributed by atoms with E-state index >= 15 is 0 Å². The lowest BCUT2D eigenvalue weighted by atomic mass is 10.3. The lowest BCUT2D eigenvalue weighted by Crippen LogP contribution is -2.23. The third-order valence-corrected chi connectivity index (χ3v) is 5.69. The minimum atomic E-state index is -5.45. The Hall–Kier alpha value is -1.69. The Morgan fingerprint density at radius 1 is 1.38 bits per heavy atom. The molecule has 2 rings (SSSR count). The van der Waals surface area contributed by atoms with Gasteiger partial charge in [0.05, 0.1) is 15.8 Å². The highest BCUT2D eigenvalue weighted by molar-refractivity contribution is 7.92. The summed E-state index contributed by atoms with van der Waals surface area (Å²) >= 11 is 1.14. The SMILES string of the molecule is CC(N)c1ncc(C(O)Nc2cccc(S(=O)(=O)C(F)(F)F)c2)s1. The number of hydrogen-bond acceptors (Lipinski definition) is 7. The molecule has 1 aromatic carbocycles. The number of aromatic nitrogens is 1. The minimum Gasteiger partial charge on any atom is -0.369 e. The lowest BCUT2D eigenvalue weighted by molar-refractivity contribution is -0.0435. The fraction of sp³-hybridized carbons (Fsp3) is 0.308. The molecule has 0 saturated heterocycles. The maximum absolute atomic E-state index is 12.6. The topological polar surface area (TPSA) is 105 Å². The molecule has 132 valence electrons. The number of alkyl halides is 3. The molecule has 0 fully saturated rings. The van der Waals surface area contributed by atoms with Gasteiger partial charge in [-0.3, -0.25) is 0 Å². The van der Waals surface area contributed by atoms with Gasteiger partial charge in [0.1, 0.15) is 5.01 Å². The molecular weight excluding hydrogens is 367 g/mol. The van der Waals surface area contributed by atoms with Crippen LogP contribution in [-0.2, 0) is 9.84 Å². The summed E-state index contributed by atoms with van der Waals surface area (Å²) < 4.78 is 60.5. The number of anilines is 1. The molecule has 0 saturated carbocycles. The zero-order chi connectivity index (χ0) is 18.1. The maximum Gasteiger partial charge on any atom is 0.501 e. The number of rotatable bonds is 5.